The first-order valence-electron chi connectivity index (χ1n) is 10.00. The lowest BCUT2D eigenvalue weighted by Crippen LogP contribution is -2.64. The summed E-state index contributed by atoms with van der Waals surface area (Å²) >= 11 is 0. The summed E-state index contributed by atoms with van der Waals surface area (Å²) in [6.45, 7) is 0. The van der Waals surface area contributed by atoms with Crippen molar-refractivity contribution in [2.75, 3.05) is 7.11 Å². The number of fused-ring (bicyclic) bond motifs is 1. The van der Waals surface area contributed by atoms with E-state index in [1.54, 1.807) is 18.2 Å². The van der Waals surface area contributed by atoms with Crippen LogP contribution in [0.2, 0.25) is 0 Å². The summed E-state index contributed by atoms with van der Waals surface area (Å²) in [6.07, 6.45) is -9.28. The van der Waals surface area contributed by atoms with E-state index >= 15 is 0 Å². The van der Waals surface area contributed by atoms with Gasteiger partial charge in [-0.15, -0.1) is 0 Å². The molecule has 0 amide bonds. The number of rotatable bonds is 4. The molecule has 1 aliphatic rings. The molecule has 0 aliphatic carbocycles. The summed E-state index contributed by atoms with van der Waals surface area (Å²) in [6, 6.07) is 7.76. The number of aliphatic carboxylic acids is 1. The van der Waals surface area contributed by atoms with Crippen LogP contribution >= 0.6 is 0 Å². The van der Waals surface area contributed by atoms with Gasteiger partial charge in [0.05, 0.1) is 7.11 Å². The van der Waals surface area contributed by atoms with Gasteiger partial charge in [0.1, 0.15) is 29.3 Å². The number of aromatic hydroxyl groups is 3. The number of hydrogen-bond donors (Lipinski definition) is 8. The second-order valence-corrected chi connectivity index (χ2v) is 7.78. The van der Waals surface area contributed by atoms with Gasteiger partial charge in [0, 0.05) is 5.56 Å². The Morgan fingerprint density at radius 3 is 2.20 bits per heavy atom. The summed E-state index contributed by atoms with van der Waals surface area (Å²) in [5, 5.41) is 82.1. The number of methoxy groups -OCH3 is 1. The standard InChI is InChI=1S/C22H20O13/c1-33-18-9(22(32)20(29)15(28)14(27)19(35-22)21(30)31)12(25)10(23)8-11(24)13(26)16(34-17(8)18)7-5-3-2-4-6-7/h2-6,14-15,19-20,23,25-29,32H,1H3,(H,30,31)/t14-,15-,19-,20+,22?/m0/s1. The average Bonchev–Trinajstić information content (AvgIpc) is 2.84. The van der Waals surface area contributed by atoms with Crippen LogP contribution in [0.3, 0.4) is 0 Å². The number of carboxylic acids is 1. The Bertz CT molecular complexity index is 1370. The number of hydrogen-bond acceptors (Lipinski definition) is 12. The SMILES string of the molecule is COc1c(C2(O)O[C@H](C(=O)O)[C@@H](O)[C@H](O)[C@H]2O)c(O)c(O)c2c(=O)c(O)c(-c3ccccc3)oc12. The van der Waals surface area contributed by atoms with Gasteiger partial charge in [-0.2, -0.15) is 0 Å². The predicted octanol–water partition coefficient (Wildman–Crippen LogP) is -0.703. The molecule has 8 N–H and O–H groups in total. The minimum Gasteiger partial charge on any atom is -0.504 e. The first-order valence-corrected chi connectivity index (χ1v) is 10.00. The highest BCUT2D eigenvalue weighted by Gasteiger charge is 2.58. The second-order valence-electron chi connectivity index (χ2n) is 7.78. The maximum absolute atomic E-state index is 12.9. The van der Waals surface area contributed by atoms with Gasteiger partial charge in [-0.1, -0.05) is 30.3 Å². The number of aliphatic hydroxyl groups is 4. The van der Waals surface area contributed by atoms with Crippen LogP contribution in [0.4, 0.5) is 0 Å². The van der Waals surface area contributed by atoms with Gasteiger partial charge < -0.3 is 54.7 Å². The van der Waals surface area contributed by atoms with Gasteiger partial charge >= 0.3 is 5.97 Å². The van der Waals surface area contributed by atoms with E-state index in [4.69, 9.17) is 13.9 Å². The first-order chi connectivity index (χ1) is 16.5. The third-order valence-corrected chi connectivity index (χ3v) is 5.75. The van der Waals surface area contributed by atoms with Crippen LogP contribution in [-0.2, 0) is 15.3 Å². The second kappa shape index (κ2) is 8.41. The molecule has 2 heterocycles. The van der Waals surface area contributed by atoms with Gasteiger partial charge in [0.2, 0.25) is 17.0 Å². The van der Waals surface area contributed by atoms with Crippen LogP contribution in [0.25, 0.3) is 22.3 Å². The molecule has 1 saturated heterocycles. The molecular formula is C22H20O13. The molecule has 186 valence electrons. The molecule has 0 radical (unpaired) electrons. The van der Waals surface area contributed by atoms with Crippen molar-refractivity contribution in [3.05, 3.63) is 46.1 Å². The van der Waals surface area contributed by atoms with Crippen LogP contribution in [0.1, 0.15) is 5.56 Å². The molecule has 1 fully saturated rings. The van der Waals surface area contributed by atoms with E-state index in [1.807, 2.05) is 0 Å². The summed E-state index contributed by atoms with van der Waals surface area (Å²) in [5.41, 5.74) is -2.62. The quantitative estimate of drug-likeness (QED) is 0.211. The lowest BCUT2D eigenvalue weighted by atomic mass is 9.86. The van der Waals surface area contributed by atoms with Crippen molar-refractivity contribution in [3.8, 4) is 34.3 Å². The Balaban J connectivity index is 2.10. The molecule has 2 aromatic carbocycles. The van der Waals surface area contributed by atoms with E-state index < -0.39 is 81.1 Å². The van der Waals surface area contributed by atoms with Crippen molar-refractivity contribution in [1.29, 1.82) is 0 Å². The fourth-order valence-corrected chi connectivity index (χ4v) is 4.00. The van der Waals surface area contributed by atoms with E-state index in [0.29, 0.717) is 0 Å². The normalized spacial score (nSPS) is 26.5. The molecule has 13 nitrogen and oxygen atoms in total. The zero-order chi connectivity index (χ0) is 25.8. The lowest BCUT2D eigenvalue weighted by molar-refractivity contribution is -0.350. The highest BCUT2D eigenvalue weighted by Crippen LogP contribution is 2.52. The molecule has 1 aromatic heterocycles. The van der Waals surface area contributed by atoms with Crippen molar-refractivity contribution in [2.45, 2.75) is 30.2 Å². The fourth-order valence-electron chi connectivity index (χ4n) is 4.00. The highest BCUT2D eigenvalue weighted by atomic mass is 16.7. The van der Waals surface area contributed by atoms with Crippen molar-refractivity contribution < 1.29 is 59.5 Å². The lowest BCUT2D eigenvalue weighted by Gasteiger charge is -2.44. The number of aliphatic hydroxyl groups excluding tert-OH is 3. The smallest absolute Gasteiger partial charge is 0.335 e. The first kappa shape index (κ1) is 24.3. The fraction of sp³-hybridized carbons (Fsp3) is 0.273. The van der Waals surface area contributed by atoms with Crippen LogP contribution in [-0.4, -0.2) is 78.3 Å². The van der Waals surface area contributed by atoms with Gasteiger partial charge in [-0.05, 0) is 0 Å². The van der Waals surface area contributed by atoms with Crippen LogP contribution in [0, 0.1) is 0 Å². The molecule has 35 heavy (non-hydrogen) atoms. The van der Waals surface area contributed by atoms with E-state index in [-0.39, 0.29) is 11.3 Å². The molecule has 5 atom stereocenters. The van der Waals surface area contributed by atoms with E-state index in [0.717, 1.165) is 7.11 Å². The summed E-state index contributed by atoms with van der Waals surface area (Å²) in [7, 11) is 0.988. The Morgan fingerprint density at radius 2 is 1.63 bits per heavy atom. The minimum absolute atomic E-state index is 0.220. The topological polar surface area (TPSA) is 228 Å². The summed E-state index contributed by atoms with van der Waals surface area (Å²) in [5.74, 6) is -9.71. The van der Waals surface area contributed by atoms with Gasteiger partial charge in [-0.25, -0.2) is 4.79 Å². The monoisotopic (exact) mass is 492 g/mol. The van der Waals surface area contributed by atoms with Gasteiger partial charge in [-0.3, -0.25) is 4.79 Å². The average molecular weight is 492 g/mol. The Kier molecular flexibility index (Phi) is 5.82. The molecule has 13 heteroatoms. The van der Waals surface area contributed by atoms with Gasteiger partial charge in [0.25, 0.3) is 0 Å². The van der Waals surface area contributed by atoms with Crippen LogP contribution < -0.4 is 10.2 Å². The highest BCUT2D eigenvalue weighted by molar-refractivity contribution is 5.95. The Labute approximate surface area is 194 Å². The Hall–Kier alpha value is -3.88. The number of benzene rings is 2. The van der Waals surface area contributed by atoms with Crippen molar-refractivity contribution in [3.63, 3.8) is 0 Å². The number of ether oxygens (including phenoxy) is 2. The molecule has 1 aliphatic heterocycles. The van der Waals surface area contributed by atoms with Crippen molar-refractivity contribution in [1.82, 2.24) is 0 Å². The predicted molar refractivity (Wildman–Crippen MR) is 114 cm³/mol. The number of phenols is 2. The molecule has 0 spiro atoms. The zero-order valence-corrected chi connectivity index (χ0v) is 17.8. The van der Waals surface area contributed by atoms with Crippen LogP contribution in [0.5, 0.6) is 23.0 Å². The molecule has 0 saturated carbocycles. The van der Waals surface area contributed by atoms with E-state index in [9.17, 15) is 50.4 Å². The van der Waals surface area contributed by atoms with E-state index in [1.165, 1.54) is 12.1 Å². The largest absolute Gasteiger partial charge is 0.504 e. The molecule has 4 rings (SSSR count). The third kappa shape index (κ3) is 3.45. The van der Waals surface area contributed by atoms with E-state index in [2.05, 4.69) is 0 Å². The number of carbonyl (C=O) groups is 1. The molecule has 1 unspecified atom stereocenters. The molecular weight excluding hydrogens is 472 g/mol. The minimum atomic E-state index is -3.30. The zero-order valence-electron chi connectivity index (χ0n) is 17.8. The van der Waals surface area contributed by atoms with Gasteiger partial charge in [0.15, 0.2) is 34.7 Å². The summed E-state index contributed by atoms with van der Waals surface area (Å²) in [4.78, 5) is 24.4. The Morgan fingerprint density at radius 1 is 1.00 bits per heavy atom. The summed E-state index contributed by atoms with van der Waals surface area (Å²) < 4.78 is 15.8. The van der Waals surface area contributed by atoms with Crippen molar-refractivity contribution >= 4 is 16.9 Å². The maximum atomic E-state index is 12.9. The third-order valence-electron chi connectivity index (χ3n) is 5.75. The molecule has 3 aromatic rings. The number of carboxylic acid groups (broad SMARTS) is 1. The molecule has 0 bridgehead atoms. The number of phenolic OH excluding ortho intramolecular Hbond substituents is 2. The maximum Gasteiger partial charge on any atom is 0.335 e. The van der Waals surface area contributed by atoms with Crippen molar-refractivity contribution in [2.24, 2.45) is 0 Å². The van der Waals surface area contributed by atoms with Crippen LogP contribution in [0.15, 0.2) is 39.5 Å².